The lowest BCUT2D eigenvalue weighted by Crippen LogP contribution is -2.13. The van der Waals surface area contributed by atoms with E-state index in [4.69, 9.17) is 4.84 Å². The highest BCUT2D eigenvalue weighted by Crippen LogP contribution is 2.13. The molecule has 1 rings (SSSR count). The number of hydrogen-bond acceptors (Lipinski definition) is 3. The van der Waals surface area contributed by atoms with Gasteiger partial charge < -0.3 is 9.94 Å². The second-order valence-corrected chi connectivity index (χ2v) is 7.24. The highest BCUT2D eigenvalue weighted by Gasteiger charge is 2.10. The number of oxime groups is 1. The van der Waals surface area contributed by atoms with E-state index in [0.29, 0.717) is 13.0 Å². The maximum absolute atomic E-state index is 11.3. The third-order valence-electron chi connectivity index (χ3n) is 4.76. The van der Waals surface area contributed by atoms with Gasteiger partial charge in [-0.15, -0.1) is 0 Å². The maximum Gasteiger partial charge on any atom is 0.353 e. The zero-order valence-electron chi connectivity index (χ0n) is 17.0. The molecule has 0 aliphatic carbocycles. The second-order valence-electron chi connectivity index (χ2n) is 7.24. The Labute approximate surface area is 165 Å². The molecule has 4 heteroatoms. The van der Waals surface area contributed by atoms with Gasteiger partial charge in [0.2, 0.25) is 0 Å². The van der Waals surface area contributed by atoms with E-state index in [9.17, 15) is 9.90 Å². The minimum atomic E-state index is -0.980. The van der Waals surface area contributed by atoms with E-state index < -0.39 is 5.97 Å². The van der Waals surface area contributed by atoms with Crippen molar-refractivity contribution in [2.45, 2.75) is 97.0 Å². The fourth-order valence-electron chi connectivity index (χ4n) is 3.08. The Morgan fingerprint density at radius 3 is 1.89 bits per heavy atom. The zero-order valence-corrected chi connectivity index (χ0v) is 17.0. The van der Waals surface area contributed by atoms with E-state index in [2.05, 4.69) is 12.1 Å². The van der Waals surface area contributed by atoms with Gasteiger partial charge >= 0.3 is 5.97 Å². The van der Waals surface area contributed by atoms with Crippen LogP contribution < -0.4 is 0 Å². The number of rotatable bonds is 17. The summed E-state index contributed by atoms with van der Waals surface area (Å²) in [6, 6.07) is 9.64. The van der Waals surface area contributed by atoms with Crippen molar-refractivity contribution in [1.29, 1.82) is 0 Å². The molecule has 152 valence electrons. The molecule has 0 aromatic heterocycles. The first kappa shape index (κ1) is 23.2. The Morgan fingerprint density at radius 1 is 0.852 bits per heavy atom. The number of carbonyl (C=O) groups is 1. The quantitative estimate of drug-likeness (QED) is 0.186. The first-order valence-electron chi connectivity index (χ1n) is 10.7. The van der Waals surface area contributed by atoms with Crippen molar-refractivity contribution in [2.24, 2.45) is 5.16 Å². The molecule has 0 unspecified atom stereocenters. The third-order valence-corrected chi connectivity index (χ3v) is 4.76. The van der Waals surface area contributed by atoms with E-state index in [1.165, 1.54) is 64.2 Å². The molecule has 0 atom stereocenters. The molecule has 0 aliphatic heterocycles. The molecule has 0 radical (unpaired) electrons. The summed E-state index contributed by atoms with van der Waals surface area (Å²) in [4.78, 5) is 16.5. The van der Waals surface area contributed by atoms with Crippen molar-refractivity contribution >= 4 is 11.7 Å². The van der Waals surface area contributed by atoms with Gasteiger partial charge in [0.05, 0.1) is 0 Å². The van der Waals surface area contributed by atoms with Crippen LogP contribution in [0.2, 0.25) is 0 Å². The SMILES string of the molecule is CCCCCCCCCCCCCC/C(=N\OCc1ccccc1)C(=O)O. The average molecular weight is 376 g/mol. The molecule has 0 spiro atoms. The molecule has 0 saturated carbocycles. The molecule has 1 aromatic rings. The van der Waals surface area contributed by atoms with Crippen LogP contribution in [-0.4, -0.2) is 16.8 Å². The molecule has 0 fully saturated rings. The van der Waals surface area contributed by atoms with Gasteiger partial charge in [-0.1, -0.05) is 113 Å². The van der Waals surface area contributed by atoms with Gasteiger partial charge in [-0.05, 0) is 12.0 Å². The van der Waals surface area contributed by atoms with Gasteiger partial charge in [0.25, 0.3) is 0 Å². The number of benzene rings is 1. The molecule has 4 nitrogen and oxygen atoms in total. The lowest BCUT2D eigenvalue weighted by atomic mass is 10.0. The van der Waals surface area contributed by atoms with E-state index >= 15 is 0 Å². The van der Waals surface area contributed by atoms with E-state index in [0.717, 1.165) is 18.4 Å². The molecule has 0 saturated heterocycles. The summed E-state index contributed by atoms with van der Waals surface area (Å²) in [5.41, 5.74) is 1.11. The molecule has 1 aromatic carbocycles. The minimum absolute atomic E-state index is 0.123. The summed E-state index contributed by atoms with van der Waals surface area (Å²) in [5, 5.41) is 13.1. The number of unbranched alkanes of at least 4 members (excludes halogenated alkanes) is 11. The number of nitrogens with zero attached hydrogens (tertiary/aromatic N) is 1. The van der Waals surface area contributed by atoms with Gasteiger partial charge in [0, 0.05) is 6.42 Å². The van der Waals surface area contributed by atoms with Crippen LogP contribution in [-0.2, 0) is 16.2 Å². The highest BCUT2D eigenvalue weighted by molar-refractivity contribution is 6.35. The molecule has 0 aliphatic rings. The van der Waals surface area contributed by atoms with Crippen LogP contribution in [0.3, 0.4) is 0 Å². The molecule has 0 heterocycles. The fraction of sp³-hybridized carbons (Fsp3) is 0.652. The zero-order chi connectivity index (χ0) is 19.6. The van der Waals surface area contributed by atoms with Crippen LogP contribution >= 0.6 is 0 Å². The standard InChI is InChI=1S/C23H37NO3/c1-2-3-4-5-6-7-8-9-10-11-12-16-19-22(23(25)26)24-27-20-21-17-14-13-15-18-21/h13-15,17-18H,2-12,16,19-20H2,1H3,(H,25,26)/b24-22+. The summed E-state index contributed by atoms with van der Waals surface area (Å²) >= 11 is 0. The minimum Gasteiger partial charge on any atom is -0.477 e. The average Bonchev–Trinajstić information content (AvgIpc) is 2.68. The Kier molecular flexibility index (Phi) is 14.0. The summed E-state index contributed by atoms with van der Waals surface area (Å²) < 4.78 is 0. The van der Waals surface area contributed by atoms with Gasteiger partial charge in [-0.25, -0.2) is 4.79 Å². The van der Waals surface area contributed by atoms with Crippen LogP contribution in [0.5, 0.6) is 0 Å². The van der Waals surface area contributed by atoms with E-state index in [1.54, 1.807) is 0 Å². The Hall–Kier alpha value is -1.84. The third kappa shape index (κ3) is 13.0. The van der Waals surface area contributed by atoms with Gasteiger partial charge in [0.15, 0.2) is 5.71 Å². The number of carboxylic acids is 1. The van der Waals surface area contributed by atoms with Crippen LogP contribution in [0, 0.1) is 0 Å². The first-order valence-corrected chi connectivity index (χ1v) is 10.7. The maximum atomic E-state index is 11.3. The predicted molar refractivity (Wildman–Crippen MR) is 112 cm³/mol. The topological polar surface area (TPSA) is 58.9 Å². The molecular formula is C23H37NO3. The Bertz CT molecular complexity index is 514. The smallest absolute Gasteiger partial charge is 0.353 e. The van der Waals surface area contributed by atoms with Gasteiger partial charge in [0.1, 0.15) is 6.61 Å². The number of hydrogen-bond donors (Lipinski definition) is 1. The van der Waals surface area contributed by atoms with E-state index in [1.807, 2.05) is 30.3 Å². The molecule has 0 amide bonds. The molecular weight excluding hydrogens is 338 g/mol. The number of carboxylic acid groups (broad SMARTS) is 1. The van der Waals surface area contributed by atoms with E-state index in [-0.39, 0.29) is 5.71 Å². The van der Waals surface area contributed by atoms with Crippen molar-refractivity contribution in [1.82, 2.24) is 0 Å². The van der Waals surface area contributed by atoms with Crippen LogP contribution in [0.4, 0.5) is 0 Å². The highest BCUT2D eigenvalue weighted by atomic mass is 16.6. The summed E-state index contributed by atoms with van der Waals surface area (Å²) in [7, 11) is 0. The summed E-state index contributed by atoms with van der Waals surface area (Å²) in [6.07, 6.45) is 15.6. The molecule has 1 N–H and O–H groups in total. The van der Waals surface area contributed by atoms with Crippen molar-refractivity contribution in [3.63, 3.8) is 0 Å². The predicted octanol–water partition coefficient (Wildman–Crippen LogP) is 6.74. The lowest BCUT2D eigenvalue weighted by molar-refractivity contribution is -0.129. The molecule has 0 bridgehead atoms. The fourth-order valence-corrected chi connectivity index (χ4v) is 3.08. The van der Waals surface area contributed by atoms with Crippen LogP contribution in [0.15, 0.2) is 35.5 Å². The van der Waals surface area contributed by atoms with Crippen molar-refractivity contribution in [3.8, 4) is 0 Å². The van der Waals surface area contributed by atoms with Gasteiger partial charge in [-0.2, -0.15) is 0 Å². The summed E-state index contributed by atoms with van der Waals surface area (Å²) in [5.74, 6) is -0.980. The van der Waals surface area contributed by atoms with Gasteiger partial charge in [-0.3, -0.25) is 0 Å². The Balaban J connectivity index is 2.03. The largest absolute Gasteiger partial charge is 0.477 e. The normalized spacial score (nSPS) is 11.5. The van der Waals surface area contributed by atoms with Crippen molar-refractivity contribution in [2.75, 3.05) is 0 Å². The lowest BCUT2D eigenvalue weighted by Gasteiger charge is -2.04. The Morgan fingerprint density at radius 2 is 1.37 bits per heavy atom. The van der Waals surface area contributed by atoms with Crippen molar-refractivity contribution in [3.05, 3.63) is 35.9 Å². The first-order chi connectivity index (χ1) is 13.2. The number of aliphatic carboxylic acids is 1. The van der Waals surface area contributed by atoms with Crippen LogP contribution in [0.1, 0.15) is 96.0 Å². The van der Waals surface area contributed by atoms with Crippen LogP contribution in [0.25, 0.3) is 0 Å². The summed E-state index contributed by atoms with van der Waals surface area (Å²) in [6.45, 7) is 2.55. The monoisotopic (exact) mass is 375 g/mol. The molecule has 27 heavy (non-hydrogen) atoms. The van der Waals surface area contributed by atoms with Crippen molar-refractivity contribution < 1.29 is 14.7 Å². The second kappa shape index (κ2) is 16.3.